The van der Waals surface area contributed by atoms with Crippen LogP contribution in [0.3, 0.4) is 0 Å². The molecule has 3 rings (SSSR count). The summed E-state index contributed by atoms with van der Waals surface area (Å²) in [6.45, 7) is 0.792. The molecular formula is C13H16O2. The van der Waals surface area contributed by atoms with Crippen molar-refractivity contribution in [3.63, 3.8) is 0 Å². The number of carbonyl (C=O) groups excluding carboxylic acids is 1. The molecule has 1 heterocycles. The Bertz CT molecular complexity index is 329. The molecule has 2 nitrogen and oxygen atoms in total. The summed E-state index contributed by atoms with van der Waals surface area (Å²) in [6, 6.07) is 0. The summed E-state index contributed by atoms with van der Waals surface area (Å²) in [5, 5.41) is 0. The lowest BCUT2D eigenvalue weighted by atomic mass is 9.69. The Morgan fingerprint density at radius 3 is 3.13 bits per heavy atom. The number of carbonyl (C=O) groups is 1. The fraction of sp³-hybridized carbons (Fsp3) is 0.615. The molecule has 0 radical (unpaired) electrons. The van der Waals surface area contributed by atoms with E-state index in [-0.39, 0.29) is 6.10 Å². The third-order valence-electron chi connectivity index (χ3n) is 3.96. The van der Waals surface area contributed by atoms with Gasteiger partial charge < -0.3 is 4.74 Å². The molecule has 0 amide bonds. The molecule has 4 unspecified atom stereocenters. The fourth-order valence-electron chi connectivity index (χ4n) is 3.16. The molecule has 0 saturated carbocycles. The van der Waals surface area contributed by atoms with Crippen LogP contribution in [-0.4, -0.2) is 18.5 Å². The first kappa shape index (κ1) is 9.34. The second kappa shape index (κ2) is 3.60. The largest absolute Gasteiger partial charge is 0.373 e. The molecule has 4 atom stereocenters. The van der Waals surface area contributed by atoms with Gasteiger partial charge in [0, 0.05) is 12.3 Å². The number of hydrogen-bond donors (Lipinski definition) is 0. The van der Waals surface area contributed by atoms with Crippen molar-refractivity contribution in [3.8, 4) is 0 Å². The Morgan fingerprint density at radius 1 is 1.27 bits per heavy atom. The van der Waals surface area contributed by atoms with Crippen LogP contribution in [0.25, 0.3) is 0 Å². The van der Waals surface area contributed by atoms with Gasteiger partial charge in [0.1, 0.15) is 0 Å². The Balaban J connectivity index is 1.86. The predicted octanol–water partition coefficient (Wildman–Crippen LogP) is 2.11. The van der Waals surface area contributed by atoms with Gasteiger partial charge in [-0.1, -0.05) is 18.2 Å². The van der Waals surface area contributed by atoms with E-state index >= 15 is 0 Å². The van der Waals surface area contributed by atoms with E-state index in [4.69, 9.17) is 4.74 Å². The van der Waals surface area contributed by atoms with Crippen LogP contribution in [0.2, 0.25) is 0 Å². The smallest absolute Gasteiger partial charge is 0.155 e. The maximum Gasteiger partial charge on any atom is 0.155 e. The van der Waals surface area contributed by atoms with Crippen LogP contribution in [-0.2, 0) is 9.53 Å². The lowest BCUT2D eigenvalue weighted by Crippen LogP contribution is -2.43. The molecule has 0 aromatic rings. The standard InChI is InChI=1S/C13H16O2/c14-10-6-5-9-8-15-13-4-2-1-3-11(13)12(9)7-10/h2,4-6,9,11-13H,1,3,7-8H2. The van der Waals surface area contributed by atoms with E-state index in [9.17, 15) is 4.79 Å². The molecule has 80 valence electrons. The molecule has 0 aromatic heterocycles. The van der Waals surface area contributed by atoms with E-state index in [1.807, 2.05) is 0 Å². The van der Waals surface area contributed by atoms with Crippen LogP contribution in [0, 0.1) is 17.8 Å². The van der Waals surface area contributed by atoms with E-state index in [1.165, 1.54) is 6.42 Å². The Kier molecular flexibility index (Phi) is 2.24. The Morgan fingerprint density at radius 2 is 2.20 bits per heavy atom. The SMILES string of the molecule is O=C1C=CC2COC3C=CCCC3C2C1. The van der Waals surface area contributed by atoms with Gasteiger partial charge in [-0.05, 0) is 30.8 Å². The van der Waals surface area contributed by atoms with E-state index in [2.05, 4.69) is 18.2 Å². The normalized spacial score (nSPS) is 43.6. The van der Waals surface area contributed by atoms with Crippen molar-refractivity contribution in [2.75, 3.05) is 6.61 Å². The number of hydrogen-bond acceptors (Lipinski definition) is 2. The summed E-state index contributed by atoms with van der Waals surface area (Å²) >= 11 is 0. The van der Waals surface area contributed by atoms with E-state index in [0.717, 1.165) is 19.4 Å². The van der Waals surface area contributed by atoms with E-state index in [1.54, 1.807) is 6.08 Å². The summed E-state index contributed by atoms with van der Waals surface area (Å²) in [4.78, 5) is 11.4. The minimum atomic E-state index is 0.277. The predicted molar refractivity (Wildman–Crippen MR) is 57.3 cm³/mol. The third-order valence-corrected chi connectivity index (χ3v) is 3.96. The Labute approximate surface area is 90.0 Å². The maximum absolute atomic E-state index is 11.4. The van der Waals surface area contributed by atoms with Crippen LogP contribution in [0.15, 0.2) is 24.3 Å². The summed E-state index contributed by atoms with van der Waals surface area (Å²) in [5.41, 5.74) is 0. The van der Waals surface area contributed by atoms with Gasteiger partial charge >= 0.3 is 0 Å². The zero-order chi connectivity index (χ0) is 10.3. The second-order valence-corrected chi connectivity index (χ2v) is 4.82. The topological polar surface area (TPSA) is 26.3 Å². The molecule has 15 heavy (non-hydrogen) atoms. The summed E-state index contributed by atoms with van der Waals surface area (Å²) in [6.07, 6.45) is 11.5. The minimum absolute atomic E-state index is 0.277. The number of fused-ring (bicyclic) bond motifs is 3. The van der Waals surface area contributed by atoms with Crippen molar-refractivity contribution in [1.82, 2.24) is 0 Å². The first-order chi connectivity index (χ1) is 7.34. The molecule has 1 aliphatic heterocycles. The van der Waals surface area contributed by atoms with Gasteiger partial charge in [0.25, 0.3) is 0 Å². The van der Waals surface area contributed by atoms with E-state index < -0.39 is 0 Å². The van der Waals surface area contributed by atoms with Gasteiger partial charge in [-0.2, -0.15) is 0 Å². The molecule has 1 fully saturated rings. The molecule has 0 bridgehead atoms. The van der Waals surface area contributed by atoms with Crippen LogP contribution < -0.4 is 0 Å². The number of rotatable bonds is 0. The lowest BCUT2D eigenvalue weighted by molar-refractivity contribution is -0.121. The van der Waals surface area contributed by atoms with Gasteiger partial charge in [0.15, 0.2) is 5.78 Å². The van der Waals surface area contributed by atoms with Crippen molar-refractivity contribution >= 4 is 5.78 Å². The van der Waals surface area contributed by atoms with Crippen LogP contribution in [0.1, 0.15) is 19.3 Å². The van der Waals surface area contributed by atoms with Gasteiger partial charge in [-0.25, -0.2) is 0 Å². The van der Waals surface area contributed by atoms with Crippen molar-refractivity contribution in [1.29, 1.82) is 0 Å². The molecular weight excluding hydrogens is 188 g/mol. The van der Waals surface area contributed by atoms with E-state index in [0.29, 0.717) is 23.5 Å². The molecule has 2 aliphatic carbocycles. The average Bonchev–Trinajstić information content (AvgIpc) is 2.29. The number of ether oxygens (including phenoxy) is 1. The molecule has 1 saturated heterocycles. The second-order valence-electron chi connectivity index (χ2n) is 4.82. The van der Waals surface area contributed by atoms with Crippen LogP contribution in [0.4, 0.5) is 0 Å². The molecule has 3 aliphatic rings. The van der Waals surface area contributed by atoms with Crippen molar-refractivity contribution in [3.05, 3.63) is 24.3 Å². The first-order valence-electron chi connectivity index (χ1n) is 5.84. The first-order valence-corrected chi connectivity index (χ1v) is 5.84. The molecule has 0 spiro atoms. The van der Waals surface area contributed by atoms with Gasteiger partial charge in [0.05, 0.1) is 12.7 Å². The number of ketones is 1. The minimum Gasteiger partial charge on any atom is -0.373 e. The van der Waals surface area contributed by atoms with Gasteiger partial charge in [-0.15, -0.1) is 0 Å². The highest BCUT2D eigenvalue weighted by molar-refractivity contribution is 5.90. The molecule has 0 aromatic carbocycles. The maximum atomic E-state index is 11.4. The van der Waals surface area contributed by atoms with Crippen LogP contribution in [0.5, 0.6) is 0 Å². The highest BCUT2D eigenvalue weighted by Crippen LogP contribution is 2.41. The lowest BCUT2D eigenvalue weighted by Gasteiger charge is -2.43. The molecule has 0 N–H and O–H groups in total. The third kappa shape index (κ3) is 1.57. The Hall–Kier alpha value is -0.890. The summed E-state index contributed by atoms with van der Waals surface area (Å²) < 4.78 is 5.84. The summed E-state index contributed by atoms with van der Waals surface area (Å²) in [5.74, 6) is 1.88. The van der Waals surface area contributed by atoms with Crippen LogP contribution >= 0.6 is 0 Å². The number of allylic oxidation sites excluding steroid dienone is 2. The highest BCUT2D eigenvalue weighted by Gasteiger charge is 2.40. The van der Waals surface area contributed by atoms with Gasteiger partial charge in [0.2, 0.25) is 0 Å². The monoisotopic (exact) mass is 204 g/mol. The quantitative estimate of drug-likeness (QED) is 0.565. The molecule has 2 heteroatoms. The fourth-order valence-corrected chi connectivity index (χ4v) is 3.16. The zero-order valence-corrected chi connectivity index (χ0v) is 8.76. The van der Waals surface area contributed by atoms with Gasteiger partial charge in [-0.3, -0.25) is 4.79 Å². The van der Waals surface area contributed by atoms with Crippen molar-refractivity contribution in [2.45, 2.75) is 25.4 Å². The summed E-state index contributed by atoms with van der Waals surface area (Å²) in [7, 11) is 0. The highest BCUT2D eigenvalue weighted by atomic mass is 16.5. The zero-order valence-electron chi connectivity index (χ0n) is 8.76. The average molecular weight is 204 g/mol. The van der Waals surface area contributed by atoms with Crippen molar-refractivity contribution < 1.29 is 9.53 Å². The van der Waals surface area contributed by atoms with Crippen molar-refractivity contribution in [2.24, 2.45) is 17.8 Å².